The highest BCUT2D eigenvalue weighted by Crippen LogP contribution is 1.69. The molecule has 48 valence electrons. The summed E-state index contributed by atoms with van der Waals surface area (Å²) in [6.45, 7) is 0.443. The molecule has 0 atom stereocenters. The molecular weight excluding hydrogens is 104 g/mol. The van der Waals surface area contributed by atoms with Crippen molar-refractivity contribution < 1.29 is 4.74 Å². The van der Waals surface area contributed by atoms with Crippen LogP contribution in [0.15, 0.2) is 4.99 Å². The molecule has 3 nitrogen and oxygen atoms in total. The van der Waals surface area contributed by atoms with Crippen LogP contribution in [0.25, 0.3) is 0 Å². The third kappa shape index (κ3) is 5.43. The van der Waals surface area contributed by atoms with E-state index in [-0.39, 0.29) is 0 Å². The van der Waals surface area contributed by atoms with Gasteiger partial charge in [0.1, 0.15) is 6.73 Å². The summed E-state index contributed by atoms with van der Waals surface area (Å²) in [6, 6.07) is 0. The molecule has 0 saturated carbocycles. The number of aliphatic imine (C=N–C) groups is 1. The topological polar surface area (TPSA) is 24.8 Å². The van der Waals surface area contributed by atoms with E-state index in [2.05, 4.69) is 9.73 Å². The monoisotopic (exact) mass is 116 g/mol. The minimum Gasteiger partial charge on any atom is -0.369 e. The van der Waals surface area contributed by atoms with Crippen LogP contribution in [0.3, 0.4) is 0 Å². The van der Waals surface area contributed by atoms with E-state index in [0.717, 1.165) is 0 Å². The lowest BCUT2D eigenvalue weighted by Crippen LogP contribution is -2.08. The second-order valence-electron chi connectivity index (χ2n) is 1.68. The standard InChI is InChI=1S/C5H12N2O/c1-7(2)4-6-5-8-3/h4H,5H2,1-3H3/b6-4-. The Kier molecular flexibility index (Phi) is 4.26. The molecule has 0 bridgehead atoms. The molecule has 8 heavy (non-hydrogen) atoms. The molecule has 0 radical (unpaired) electrons. The van der Waals surface area contributed by atoms with Crippen LogP contribution in [0, 0.1) is 0 Å². The number of nitrogens with zero attached hydrogens (tertiary/aromatic N) is 2. The largest absolute Gasteiger partial charge is 0.369 e. The average Bonchev–Trinajstić information content (AvgIpc) is 1.66. The van der Waals surface area contributed by atoms with E-state index in [0.29, 0.717) is 6.73 Å². The van der Waals surface area contributed by atoms with Gasteiger partial charge >= 0.3 is 0 Å². The summed E-state index contributed by atoms with van der Waals surface area (Å²) < 4.78 is 4.67. The first-order chi connectivity index (χ1) is 3.77. The number of rotatable bonds is 3. The fourth-order valence-corrected chi connectivity index (χ4v) is 0.271. The van der Waals surface area contributed by atoms with Crippen LogP contribution in [0.4, 0.5) is 0 Å². The van der Waals surface area contributed by atoms with Crippen LogP contribution in [0.2, 0.25) is 0 Å². The van der Waals surface area contributed by atoms with Gasteiger partial charge in [0.2, 0.25) is 0 Å². The molecule has 0 spiro atoms. The van der Waals surface area contributed by atoms with Gasteiger partial charge in [-0.1, -0.05) is 0 Å². The maximum atomic E-state index is 4.67. The van der Waals surface area contributed by atoms with E-state index >= 15 is 0 Å². The van der Waals surface area contributed by atoms with Crippen LogP contribution >= 0.6 is 0 Å². The number of methoxy groups -OCH3 is 1. The van der Waals surface area contributed by atoms with Gasteiger partial charge in [-0.15, -0.1) is 0 Å². The van der Waals surface area contributed by atoms with E-state index in [1.807, 2.05) is 19.0 Å². The first-order valence-corrected chi connectivity index (χ1v) is 2.42. The fraction of sp³-hybridized carbons (Fsp3) is 0.800. The molecule has 0 aliphatic rings. The van der Waals surface area contributed by atoms with Gasteiger partial charge in [0.15, 0.2) is 0 Å². The molecule has 0 aromatic rings. The molecule has 3 heteroatoms. The Bertz CT molecular complexity index is 70.8. The van der Waals surface area contributed by atoms with Gasteiger partial charge in [0, 0.05) is 21.2 Å². The van der Waals surface area contributed by atoms with Crippen molar-refractivity contribution in [2.75, 3.05) is 27.9 Å². The number of ether oxygens (including phenoxy) is 1. The quantitative estimate of drug-likeness (QED) is 0.388. The summed E-state index contributed by atoms with van der Waals surface area (Å²) in [5, 5.41) is 0. The number of hydrogen-bond donors (Lipinski definition) is 0. The van der Waals surface area contributed by atoms with Crippen LogP contribution in [-0.4, -0.2) is 39.2 Å². The predicted molar refractivity (Wildman–Crippen MR) is 34.1 cm³/mol. The van der Waals surface area contributed by atoms with Crippen molar-refractivity contribution in [1.29, 1.82) is 0 Å². The van der Waals surface area contributed by atoms with Gasteiger partial charge in [-0.25, -0.2) is 4.99 Å². The Morgan fingerprint density at radius 2 is 2.25 bits per heavy atom. The van der Waals surface area contributed by atoms with Crippen molar-refractivity contribution in [3.8, 4) is 0 Å². The minimum absolute atomic E-state index is 0.443. The van der Waals surface area contributed by atoms with Crippen molar-refractivity contribution >= 4 is 6.34 Å². The zero-order valence-corrected chi connectivity index (χ0v) is 5.59. The van der Waals surface area contributed by atoms with E-state index in [9.17, 15) is 0 Å². The Hall–Kier alpha value is -0.570. The molecule has 0 aromatic carbocycles. The molecule has 0 fully saturated rings. The van der Waals surface area contributed by atoms with Crippen LogP contribution < -0.4 is 0 Å². The highest BCUT2D eigenvalue weighted by atomic mass is 16.5. The molecule has 0 aromatic heterocycles. The Labute approximate surface area is 50.0 Å². The molecule has 0 heterocycles. The van der Waals surface area contributed by atoms with E-state index < -0.39 is 0 Å². The summed E-state index contributed by atoms with van der Waals surface area (Å²) in [7, 11) is 5.45. The van der Waals surface area contributed by atoms with Crippen molar-refractivity contribution in [2.45, 2.75) is 0 Å². The summed E-state index contributed by atoms with van der Waals surface area (Å²) in [4.78, 5) is 5.73. The number of hydrogen-bond acceptors (Lipinski definition) is 2. The van der Waals surface area contributed by atoms with E-state index in [4.69, 9.17) is 0 Å². The summed E-state index contributed by atoms with van der Waals surface area (Å²) in [6.07, 6.45) is 1.71. The molecule has 0 rings (SSSR count). The van der Waals surface area contributed by atoms with Gasteiger partial charge in [-0.3, -0.25) is 0 Å². The van der Waals surface area contributed by atoms with Crippen LogP contribution in [0.5, 0.6) is 0 Å². The lowest BCUT2D eigenvalue weighted by molar-refractivity contribution is 0.208. The third-order valence-electron chi connectivity index (χ3n) is 0.516. The fourth-order valence-electron chi connectivity index (χ4n) is 0.271. The molecule has 0 amide bonds. The predicted octanol–water partition coefficient (Wildman–Crippen LogP) is 0.180. The van der Waals surface area contributed by atoms with Crippen molar-refractivity contribution in [3.63, 3.8) is 0 Å². The summed E-state index contributed by atoms with van der Waals surface area (Å²) in [5.74, 6) is 0. The molecule has 0 unspecified atom stereocenters. The van der Waals surface area contributed by atoms with Crippen LogP contribution in [-0.2, 0) is 4.74 Å². The molecule has 0 saturated heterocycles. The second-order valence-corrected chi connectivity index (χ2v) is 1.68. The Morgan fingerprint density at radius 3 is 2.62 bits per heavy atom. The molecule has 0 aliphatic heterocycles. The Morgan fingerprint density at radius 1 is 1.62 bits per heavy atom. The molecular formula is C5H12N2O. The van der Waals surface area contributed by atoms with Crippen molar-refractivity contribution in [3.05, 3.63) is 0 Å². The minimum atomic E-state index is 0.443. The van der Waals surface area contributed by atoms with Gasteiger partial charge < -0.3 is 9.64 Å². The van der Waals surface area contributed by atoms with Crippen molar-refractivity contribution in [1.82, 2.24) is 4.90 Å². The maximum absolute atomic E-state index is 4.67. The van der Waals surface area contributed by atoms with Gasteiger partial charge in [-0.2, -0.15) is 0 Å². The van der Waals surface area contributed by atoms with Gasteiger partial charge in [0.05, 0.1) is 6.34 Å². The van der Waals surface area contributed by atoms with Crippen LogP contribution in [0.1, 0.15) is 0 Å². The Balaban J connectivity index is 3.07. The highest BCUT2D eigenvalue weighted by molar-refractivity contribution is 5.53. The molecule has 0 N–H and O–H groups in total. The first-order valence-electron chi connectivity index (χ1n) is 2.42. The average molecular weight is 116 g/mol. The smallest absolute Gasteiger partial charge is 0.138 e. The molecule has 0 aliphatic carbocycles. The maximum Gasteiger partial charge on any atom is 0.138 e. The van der Waals surface area contributed by atoms with Crippen molar-refractivity contribution in [2.24, 2.45) is 4.99 Å². The van der Waals surface area contributed by atoms with E-state index in [1.165, 1.54) is 0 Å². The highest BCUT2D eigenvalue weighted by Gasteiger charge is 1.73. The van der Waals surface area contributed by atoms with E-state index in [1.54, 1.807) is 13.4 Å². The first kappa shape index (κ1) is 7.43. The van der Waals surface area contributed by atoms with Gasteiger partial charge in [0.25, 0.3) is 0 Å². The summed E-state index contributed by atoms with van der Waals surface area (Å²) >= 11 is 0. The lowest BCUT2D eigenvalue weighted by Gasteiger charge is -2.00. The third-order valence-corrected chi connectivity index (χ3v) is 0.516. The normalized spacial score (nSPS) is 10.4. The zero-order chi connectivity index (χ0) is 6.41. The zero-order valence-electron chi connectivity index (χ0n) is 5.59. The summed E-state index contributed by atoms with van der Waals surface area (Å²) in [5.41, 5.74) is 0. The lowest BCUT2D eigenvalue weighted by atomic mass is 10.9. The second kappa shape index (κ2) is 4.59. The SMILES string of the molecule is COC/N=C\N(C)C. The van der Waals surface area contributed by atoms with Gasteiger partial charge in [-0.05, 0) is 0 Å².